The highest BCUT2D eigenvalue weighted by Gasteiger charge is 2.48. The summed E-state index contributed by atoms with van der Waals surface area (Å²) in [5, 5.41) is 24.2. The first kappa shape index (κ1) is 25.8. The van der Waals surface area contributed by atoms with Crippen molar-refractivity contribution in [3.63, 3.8) is 0 Å². The van der Waals surface area contributed by atoms with Crippen molar-refractivity contribution in [3.8, 4) is 34.0 Å². The number of aryl methyl sites for hydroxylation is 1. The minimum Gasteiger partial charge on any atom is -0.480 e. The minimum absolute atomic E-state index is 0.0734. The molecule has 9 nitrogen and oxygen atoms in total. The Bertz CT molecular complexity index is 1510. The molecule has 0 saturated carbocycles. The van der Waals surface area contributed by atoms with Gasteiger partial charge in [0.25, 0.3) is 5.89 Å². The largest absolute Gasteiger partial charge is 0.480 e. The Balaban J connectivity index is 1.45. The molecular formula is C28H27ClN4O5. The monoisotopic (exact) mass is 534 g/mol. The fourth-order valence-electron chi connectivity index (χ4n) is 4.92. The number of aliphatic hydroxyl groups is 1. The van der Waals surface area contributed by atoms with Crippen LogP contribution in [-0.2, 0) is 16.1 Å². The van der Waals surface area contributed by atoms with Crippen molar-refractivity contribution in [1.29, 1.82) is 0 Å². The van der Waals surface area contributed by atoms with E-state index in [0.717, 1.165) is 27.8 Å². The molecule has 1 saturated heterocycles. The lowest BCUT2D eigenvalue weighted by Crippen LogP contribution is -2.48. The standard InChI is InChI=1S/C28H27ClN4O5/c1-16-6-4-5-7-21(16)22-9-8-17(10-19(22)15-37-3)26-31-24(32-38-26)18-11-23(29)25(30-13-18)33-14-20(34)12-28(33,2)27(35)36/h4-11,13,20,34H,12,14-15H2,1-3H3,(H,35,36)/t20-,28+/m1/s1. The van der Waals surface area contributed by atoms with Crippen molar-refractivity contribution in [3.05, 3.63) is 70.9 Å². The van der Waals surface area contributed by atoms with Crippen LogP contribution >= 0.6 is 11.6 Å². The Morgan fingerprint density at radius 3 is 2.71 bits per heavy atom. The minimum atomic E-state index is -1.32. The van der Waals surface area contributed by atoms with Gasteiger partial charge < -0.3 is 24.4 Å². The first-order valence-corrected chi connectivity index (χ1v) is 12.5. The van der Waals surface area contributed by atoms with Crippen molar-refractivity contribution >= 4 is 23.4 Å². The van der Waals surface area contributed by atoms with Crippen LogP contribution in [0.15, 0.2) is 59.3 Å². The highest BCUT2D eigenvalue weighted by atomic mass is 35.5. The molecule has 4 aromatic rings. The molecule has 38 heavy (non-hydrogen) atoms. The number of aliphatic hydroxyl groups excluding tert-OH is 1. The molecule has 2 atom stereocenters. The second-order valence-electron chi connectivity index (χ2n) is 9.62. The van der Waals surface area contributed by atoms with Gasteiger partial charge in [0.1, 0.15) is 11.4 Å². The van der Waals surface area contributed by atoms with Gasteiger partial charge in [0, 0.05) is 37.4 Å². The predicted molar refractivity (Wildman–Crippen MR) is 143 cm³/mol. The van der Waals surface area contributed by atoms with E-state index in [0.29, 0.717) is 23.9 Å². The zero-order valence-electron chi connectivity index (χ0n) is 21.2. The van der Waals surface area contributed by atoms with Crippen LogP contribution in [0.1, 0.15) is 24.5 Å². The van der Waals surface area contributed by atoms with E-state index in [9.17, 15) is 15.0 Å². The maximum atomic E-state index is 11.9. The van der Waals surface area contributed by atoms with Gasteiger partial charge in [-0.2, -0.15) is 4.98 Å². The topological polar surface area (TPSA) is 122 Å². The number of halogens is 1. The van der Waals surface area contributed by atoms with Crippen LogP contribution in [0.25, 0.3) is 34.0 Å². The van der Waals surface area contributed by atoms with Crippen LogP contribution in [-0.4, -0.2) is 56.6 Å². The molecule has 196 valence electrons. The lowest BCUT2D eigenvalue weighted by molar-refractivity contribution is -0.142. The Kier molecular flexibility index (Phi) is 6.92. The number of carboxylic acid groups (broad SMARTS) is 1. The van der Waals surface area contributed by atoms with Gasteiger partial charge in [0.15, 0.2) is 0 Å². The molecule has 5 rings (SSSR count). The van der Waals surface area contributed by atoms with Crippen LogP contribution in [0.4, 0.5) is 5.82 Å². The number of hydrogen-bond donors (Lipinski definition) is 2. The Hall–Kier alpha value is -3.79. The average molecular weight is 535 g/mol. The fourth-order valence-corrected chi connectivity index (χ4v) is 5.19. The summed E-state index contributed by atoms with van der Waals surface area (Å²) in [6, 6.07) is 15.7. The molecule has 1 aliphatic rings. The smallest absolute Gasteiger partial charge is 0.329 e. The molecule has 2 N–H and O–H groups in total. The molecule has 0 bridgehead atoms. The Morgan fingerprint density at radius 2 is 2.00 bits per heavy atom. The van der Waals surface area contributed by atoms with E-state index >= 15 is 0 Å². The van der Waals surface area contributed by atoms with Crippen LogP contribution < -0.4 is 4.90 Å². The lowest BCUT2D eigenvalue weighted by atomic mass is 9.94. The van der Waals surface area contributed by atoms with Crippen LogP contribution in [0.2, 0.25) is 5.02 Å². The van der Waals surface area contributed by atoms with Gasteiger partial charge in [-0.15, -0.1) is 0 Å². The third-order valence-corrected chi connectivity index (χ3v) is 7.21. The highest BCUT2D eigenvalue weighted by Crippen LogP contribution is 2.38. The Morgan fingerprint density at radius 1 is 1.21 bits per heavy atom. The molecule has 0 aliphatic carbocycles. The predicted octanol–water partition coefficient (Wildman–Crippen LogP) is 4.99. The summed E-state index contributed by atoms with van der Waals surface area (Å²) in [5.41, 5.74) is 4.29. The van der Waals surface area contributed by atoms with Crippen LogP contribution in [0, 0.1) is 6.92 Å². The van der Waals surface area contributed by atoms with Gasteiger partial charge in [-0.25, -0.2) is 9.78 Å². The molecule has 2 aromatic heterocycles. The molecule has 2 aromatic carbocycles. The lowest BCUT2D eigenvalue weighted by Gasteiger charge is -2.32. The van der Waals surface area contributed by atoms with Gasteiger partial charge >= 0.3 is 5.97 Å². The summed E-state index contributed by atoms with van der Waals surface area (Å²) in [6.07, 6.45) is 0.790. The average Bonchev–Trinajstić information content (AvgIpc) is 3.50. The maximum absolute atomic E-state index is 11.9. The number of carboxylic acids is 1. The molecule has 0 amide bonds. The number of pyridine rings is 1. The van der Waals surface area contributed by atoms with Crippen LogP contribution in [0.3, 0.4) is 0 Å². The van der Waals surface area contributed by atoms with Crippen LogP contribution in [0.5, 0.6) is 0 Å². The van der Waals surface area contributed by atoms with Crippen molar-refractivity contribution in [2.24, 2.45) is 0 Å². The van der Waals surface area contributed by atoms with E-state index in [1.54, 1.807) is 20.1 Å². The third kappa shape index (κ3) is 4.64. The number of hydrogen-bond acceptors (Lipinski definition) is 8. The molecule has 1 fully saturated rings. The molecule has 0 unspecified atom stereocenters. The van der Waals surface area contributed by atoms with E-state index in [4.69, 9.17) is 20.9 Å². The molecular weight excluding hydrogens is 508 g/mol. The molecule has 10 heteroatoms. The first-order valence-electron chi connectivity index (χ1n) is 12.1. The number of nitrogens with zero attached hydrogens (tertiary/aromatic N) is 4. The normalized spacial score (nSPS) is 19.2. The summed E-state index contributed by atoms with van der Waals surface area (Å²) in [6.45, 7) is 4.15. The summed E-state index contributed by atoms with van der Waals surface area (Å²) in [5.74, 6) is -0.161. The van der Waals surface area contributed by atoms with Gasteiger partial charge in [-0.05, 0) is 54.3 Å². The van der Waals surface area contributed by atoms with E-state index in [2.05, 4.69) is 34.2 Å². The SMILES string of the molecule is COCc1cc(-c2nc(-c3cnc(N4C[C@H](O)C[C@@]4(C)C(=O)O)c(Cl)c3)no2)ccc1-c1ccccc1C. The molecule has 0 spiro atoms. The summed E-state index contributed by atoms with van der Waals surface area (Å²) in [7, 11) is 1.65. The summed E-state index contributed by atoms with van der Waals surface area (Å²) in [4.78, 5) is 22.4. The van der Waals surface area contributed by atoms with E-state index < -0.39 is 17.6 Å². The van der Waals surface area contributed by atoms with E-state index in [-0.39, 0.29) is 23.8 Å². The number of ether oxygens (including phenoxy) is 1. The maximum Gasteiger partial charge on any atom is 0.329 e. The molecule has 0 radical (unpaired) electrons. The highest BCUT2D eigenvalue weighted by molar-refractivity contribution is 6.33. The number of methoxy groups -OCH3 is 1. The molecule has 3 heterocycles. The number of aromatic nitrogens is 3. The van der Waals surface area contributed by atoms with Crippen molar-refractivity contribution < 1.29 is 24.3 Å². The zero-order valence-corrected chi connectivity index (χ0v) is 21.9. The van der Waals surface area contributed by atoms with E-state index in [1.807, 2.05) is 30.3 Å². The summed E-state index contributed by atoms with van der Waals surface area (Å²) >= 11 is 6.53. The quantitative estimate of drug-likeness (QED) is 0.337. The second-order valence-corrected chi connectivity index (χ2v) is 10.0. The fraction of sp³-hybridized carbons (Fsp3) is 0.286. The first-order chi connectivity index (χ1) is 18.2. The second kappa shape index (κ2) is 10.2. The number of benzene rings is 2. The van der Waals surface area contributed by atoms with Gasteiger partial charge in [0.05, 0.1) is 17.7 Å². The number of anilines is 1. The third-order valence-electron chi connectivity index (χ3n) is 6.93. The van der Waals surface area contributed by atoms with Gasteiger partial charge in [0.2, 0.25) is 5.82 Å². The van der Waals surface area contributed by atoms with Gasteiger partial charge in [-0.3, -0.25) is 0 Å². The van der Waals surface area contributed by atoms with Crippen molar-refractivity contribution in [2.75, 3.05) is 18.6 Å². The number of carbonyl (C=O) groups is 1. The molecule has 1 aliphatic heterocycles. The van der Waals surface area contributed by atoms with Gasteiger partial charge in [-0.1, -0.05) is 47.1 Å². The number of rotatable bonds is 7. The Labute approximate surface area is 224 Å². The van der Waals surface area contributed by atoms with Crippen molar-refractivity contribution in [2.45, 2.75) is 38.5 Å². The van der Waals surface area contributed by atoms with Crippen molar-refractivity contribution in [1.82, 2.24) is 15.1 Å². The zero-order chi connectivity index (χ0) is 27.0. The number of β-amino-alcohol motifs (C(OH)–C–C–N with tert-alkyl or cyclic N) is 1. The van der Waals surface area contributed by atoms with E-state index in [1.165, 1.54) is 11.1 Å². The number of aliphatic carboxylic acids is 1. The summed E-state index contributed by atoms with van der Waals surface area (Å²) < 4.78 is 11.0.